The van der Waals surface area contributed by atoms with E-state index in [9.17, 15) is 27.6 Å². The van der Waals surface area contributed by atoms with E-state index in [2.05, 4.69) is 15.6 Å². The normalized spacial score (nSPS) is 16.4. The minimum absolute atomic E-state index is 0.0158. The van der Waals surface area contributed by atoms with Gasteiger partial charge in [0.2, 0.25) is 0 Å². The second-order valence-electron chi connectivity index (χ2n) is 9.29. The molecule has 0 spiro atoms. The van der Waals surface area contributed by atoms with Gasteiger partial charge in [-0.3, -0.25) is 4.79 Å². The Morgan fingerprint density at radius 2 is 1.86 bits per heavy atom. The molecular weight excluding hydrogens is 579 g/mol. The predicted molar refractivity (Wildman–Crippen MR) is 147 cm³/mol. The van der Waals surface area contributed by atoms with Gasteiger partial charge in [-0.2, -0.15) is 13.2 Å². The Bertz CT molecular complexity index is 1410. The highest BCUT2D eigenvalue weighted by Gasteiger charge is 2.48. The number of hydrogen-bond donors (Lipinski definition) is 3. The summed E-state index contributed by atoms with van der Waals surface area (Å²) < 4.78 is 50.2. The highest BCUT2D eigenvalue weighted by atomic mass is 35.5. The Kier molecular flexibility index (Phi) is 9.86. The third-order valence-electron chi connectivity index (χ3n) is 6.41. The number of amides is 4. The standard InChI is InChI=1S/C28H27ClF3N5O5/c1-41-16-21(37-14-22(28(30,31)32)34-26(37)39)18-11-12-33-23(13-18)35-25(38)24(19-9-5-6-10-20(19)29)36-27(40)42-15-17-7-3-2-4-8-17/h2-13,21-22,24H,14-16H2,1H3,(H,34,39)(H,36,40)(H,33,35,38)/t21-,22+,24+/m1/s1. The minimum Gasteiger partial charge on any atom is -0.445 e. The molecule has 4 amide bonds. The molecule has 3 atom stereocenters. The molecule has 2 aromatic carbocycles. The first-order valence-electron chi connectivity index (χ1n) is 12.7. The summed E-state index contributed by atoms with van der Waals surface area (Å²) in [4.78, 5) is 43.6. The number of rotatable bonds is 10. The van der Waals surface area contributed by atoms with Crippen molar-refractivity contribution in [1.82, 2.24) is 20.5 Å². The number of pyridine rings is 1. The molecule has 0 bridgehead atoms. The van der Waals surface area contributed by atoms with Gasteiger partial charge in [-0.25, -0.2) is 14.6 Å². The van der Waals surface area contributed by atoms with Crippen LogP contribution in [0.4, 0.5) is 28.6 Å². The number of methoxy groups -OCH3 is 1. The number of carbonyl (C=O) groups is 3. The molecule has 1 aliphatic heterocycles. The summed E-state index contributed by atoms with van der Waals surface area (Å²) in [6.45, 7) is -0.774. The zero-order valence-corrected chi connectivity index (χ0v) is 23.0. The van der Waals surface area contributed by atoms with Crippen molar-refractivity contribution in [2.75, 3.05) is 25.6 Å². The number of alkyl halides is 3. The fraction of sp³-hybridized carbons (Fsp3) is 0.286. The average molecular weight is 606 g/mol. The second-order valence-corrected chi connectivity index (χ2v) is 9.70. The number of anilines is 1. The number of nitrogens with zero attached hydrogens (tertiary/aromatic N) is 2. The number of halogens is 4. The van der Waals surface area contributed by atoms with Crippen LogP contribution in [-0.4, -0.2) is 60.4 Å². The maximum Gasteiger partial charge on any atom is 0.410 e. The number of carbonyl (C=O) groups excluding carboxylic acids is 3. The molecule has 1 saturated heterocycles. The zero-order valence-electron chi connectivity index (χ0n) is 22.2. The highest BCUT2D eigenvalue weighted by Crippen LogP contribution is 2.31. The van der Waals surface area contributed by atoms with E-state index in [-0.39, 0.29) is 29.6 Å². The van der Waals surface area contributed by atoms with Gasteiger partial charge in [-0.1, -0.05) is 60.1 Å². The van der Waals surface area contributed by atoms with E-state index < -0.39 is 48.9 Å². The van der Waals surface area contributed by atoms with Gasteiger partial charge < -0.3 is 30.3 Å². The van der Waals surface area contributed by atoms with Gasteiger partial charge in [0.15, 0.2) is 0 Å². The van der Waals surface area contributed by atoms with Gasteiger partial charge in [0, 0.05) is 23.9 Å². The number of urea groups is 1. The Labute approximate surface area is 244 Å². The van der Waals surface area contributed by atoms with Crippen molar-refractivity contribution < 1.29 is 37.0 Å². The summed E-state index contributed by atoms with van der Waals surface area (Å²) in [6.07, 6.45) is -4.17. The van der Waals surface area contributed by atoms with Crippen molar-refractivity contribution in [2.24, 2.45) is 0 Å². The molecule has 222 valence electrons. The third kappa shape index (κ3) is 7.68. The predicted octanol–water partition coefficient (Wildman–Crippen LogP) is 4.98. The monoisotopic (exact) mass is 605 g/mol. The molecule has 2 heterocycles. The number of ether oxygens (including phenoxy) is 2. The molecular formula is C28H27ClF3N5O5. The maximum absolute atomic E-state index is 13.4. The van der Waals surface area contributed by atoms with Gasteiger partial charge in [0.25, 0.3) is 5.91 Å². The second kappa shape index (κ2) is 13.5. The van der Waals surface area contributed by atoms with Gasteiger partial charge in [0.05, 0.1) is 19.2 Å². The van der Waals surface area contributed by atoms with Crippen molar-refractivity contribution in [3.63, 3.8) is 0 Å². The lowest BCUT2D eigenvalue weighted by atomic mass is 10.1. The SMILES string of the molecule is COC[C@H](c1ccnc(NC(=O)[C@@H](NC(=O)OCc2ccccc2)c2ccccc2Cl)c1)N1C[C@@H](C(F)(F)F)NC1=O. The van der Waals surface area contributed by atoms with E-state index >= 15 is 0 Å². The van der Waals surface area contributed by atoms with E-state index in [1.54, 1.807) is 48.5 Å². The number of benzene rings is 2. The summed E-state index contributed by atoms with van der Waals surface area (Å²) in [5, 5.41) is 7.26. The number of nitrogens with one attached hydrogen (secondary N) is 3. The molecule has 0 unspecified atom stereocenters. The van der Waals surface area contributed by atoms with Crippen molar-refractivity contribution in [3.8, 4) is 0 Å². The van der Waals surface area contributed by atoms with Crippen LogP contribution in [0.3, 0.4) is 0 Å². The fourth-order valence-corrected chi connectivity index (χ4v) is 4.58. The van der Waals surface area contributed by atoms with Crippen molar-refractivity contribution >= 4 is 35.5 Å². The summed E-state index contributed by atoms with van der Waals surface area (Å²) >= 11 is 6.33. The maximum atomic E-state index is 13.4. The van der Waals surface area contributed by atoms with Crippen LogP contribution in [0.15, 0.2) is 72.9 Å². The average Bonchev–Trinajstić information content (AvgIpc) is 3.36. The first-order chi connectivity index (χ1) is 20.1. The molecule has 1 aromatic heterocycles. The van der Waals surface area contributed by atoms with Gasteiger partial charge in [-0.05, 0) is 29.3 Å². The molecule has 0 aliphatic carbocycles. The van der Waals surface area contributed by atoms with Crippen LogP contribution in [0.5, 0.6) is 0 Å². The van der Waals surface area contributed by atoms with E-state index in [0.717, 1.165) is 10.5 Å². The van der Waals surface area contributed by atoms with Crippen molar-refractivity contribution in [2.45, 2.75) is 30.9 Å². The van der Waals surface area contributed by atoms with Crippen LogP contribution in [0.25, 0.3) is 0 Å². The van der Waals surface area contributed by atoms with Crippen LogP contribution in [0.2, 0.25) is 5.02 Å². The number of aromatic nitrogens is 1. The van der Waals surface area contributed by atoms with Crippen LogP contribution in [-0.2, 0) is 20.9 Å². The van der Waals surface area contributed by atoms with Crippen LogP contribution in [0.1, 0.15) is 28.8 Å². The number of alkyl carbamates (subject to hydrolysis) is 1. The number of hydrogen-bond acceptors (Lipinski definition) is 6. The Morgan fingerprint density at radius 1 is 1.14 bits per heavy atom. The minimum atomic E-state index is -4.62. The summed E-state index contributed by atoms with van der Waals surface area (Å²) in [5.74, 6) is -0.703. The third-order valence-corrected chi connectivity index (χ3v) is 6.75. The highest BCUT2D eigenvalue weighted by molar-refractivity contribution is 6.31. The molecule has 0 saturated carbocycles. The Morgan fingerprint density at radius 3 is 2.52 bits per heavy atom. The van der Waals surface area contributed by atoms with Crippen LogP contribution in [0, 0.1) is 0 Å². The van der Waals surface area contributed by atoms with Crippen LogP contribution >= 0.6 is 11.6 Å². The van der Waals surface area contributed by atoms with Gasteiger partial charge in [-0.15, -0.1) is 0 Å². The Balaban J connectivity index is 1.52. The van der Waals surface area contributed by atoms with Gasteiger partial charge in [0.1, 0.15) is 24.5 Å². The molecule has 10 nitrogen and oxygen atoms in total. The molecule has 0 radical (unpaired) electrons. The lowest BCUT2D eigenvalue weighted by molar-refractivity contribution is -0.150. The molecule has 1 fully saturated rings. The lowest BCUT2D eigenvalue weighted by Gasteiger charge is -2.27. The van der Waals surface area contributed by atoms with Crippen LogP contribution < -0.4 is 16.0 Å². The van der Waals surface area contributed by atoms with Gasteiger partial charge >= 0.3 is 18.3 Å². The lowest BCUT2D eigenvalue weighted by Crippen LogP contribution is -2.40. The first kappa shape index (κ1) is 30.6. The van der Waals surface area contributed by atoms with E-state index in [4.69, 9.17) is 21.1 Å². The molecule has 1 aliphatic rings. The molecule has 42 heavy (non-hydrogen) atoms. The first-order valence-corrected chi connectivity index (χ1v) is 13.1. The molecule has 14 heteroatoms. The Hall–Kier alpha value is -4.36. The summed E-state index contributed by atoms with van der Waals surface area (Å²) in [5.41, 5.74) is 1.39. The topological polar surface area (TPSA) is 122 Å². The molecule has 3 aromatic rings. The quantitative estimate of drug-likeness (QED) is 0.300. The largest absolute Gasteiger partial charge is 0.445 e. The molecule has 3 N–H and O–H groups in total. The molecule has 4 rings (SSSR count). The van der Waals surface area contributed by atoms with E-state index in [0.29, 0.717) is 5.56 Å². The zero-order chi connectivity index (χ0) is 30.3. The summed E-state index contributed by atoms with van der Waals surface area (Å²) in [6, 6.07) is 13.1. The van der Waals surface area contributed by atoms with Crippen molar-refractivity contribution in [1.29, 1.82) is 0 Å². The van der Waals surface area contributed by atoms with E-state index in [1.165, 1.54) is 25.4 Å². The summed E-state index contributed by atoms with van der Waals surface area (Å²) in [7, 11) is 1.35. The van der Waals surface area contributed by atoms with E-state index in [1.807, 2.05) is 11.4 Å². The smallest absolute Gasteiger partial charge is 0.410 e. The fourth-order valence-electron chi connectivity index (χ4n) is 4.33. The van der Waals surface area contributed by atoms with Crippen molar-refractivity contribution in [3.05, 3.63) is 94.6 Å².